The van der Waals surface area contributed by atoms with Crippen LogP contribution in [0, 0.1) is 5.82 Å². The van der Waals surface area contributed by atoms with E-state index in [9.17, 15) is 9.18 Å². The van der Waals surface area contributed by atoms with E-state index in [0.717, 1.165) is 23.4 Å². The molecule has 0 radical (unpaired) electrons. The van der Waals surface area contributed by atoms with Crippen LogP contribution < -0.4 is 10.1 Å². The fraction of sp³-hybridized carbons (Fsp3) is 0.381. The lowest BCUT2D eigenvalue weighted by atomic mass is 9.95. The van der Waals surface area contributed by atoms with Crippen LogP contribution in [0.4, 0.5) is 4.39 Å². The number of hydrogen-bond acceptors (Lipinski definition) is 3. The molecular formula is C21H25FN2O2. The Kier molecular flexibility index (Phi) is 5.89. The Bertz CT molecular complexity index is 748. The summed E-state index contributed by atoms with van der Waals surface area (Å²) in [5.41, 5.74) is 1.99. The average Bonchev–Trinajstić information content (AvgIpc) is 2.68. The van der Waals surface area contributed by atoms with E-state index in [1.807, 2.05) is 36.1 Å². The van der Waals surface area contributed by atoms with E-state index in [2.05, 4.69) is 5.32 Å². The highest BCUT2D eigenvalue weighted by Gasteiger charge is 2.30. The molecule has 138 valence electrons. The molecule has 1 N–H and O–H groups in total. The number of methoxy groups -OCH3 is 1. The van der Waals surface area contributed by atoms with Crippen LogP contribution in [0.15, 0.2) is 48.5 Å². The summed E-state index contributed by atoms with van der Waals surface area (Å²) in [5, 5.41) is 3.37. The molecule has 2 atom stereocenters. The first kappa shape index (κ1) is 18.4. The maximum atomic E-state index is 13.1. The molecule has 2 aromatic carbocycles. The zero-order chi connectivity index (χ0) is 18.5. The van der Waals surface area contributed by atoms with Gasteiger partial charge in [0.1, 0.15) is 11.6 Å². The van der Waals surface area contributed by atoms with Gasteiger partial charge in [-0.2, -0.15) is 0 Å². The number of nitrogens with one attached hydrogen (secondary N) is 1. The van der Waals surface area contributed by atoms with E-state index >= 15 is 0 Å². The summed E-state index contributed by atoms with van der Waals surface area (Å²) < 4.78 is 18.6. The second-order valence-electron chi connectivity index (χ2n) is 6.71. The molecule has 1 aliphatic rings. The summed E-state index contributed by atoms with van der Waals surface area (Å²) in [4.78, 5) is 15.0. The molecule has 1 fully saturated rings. The van der Waals surface area contributed by atoms with Crippen molar-refractivity contribution in [3.05, 3.63) is 65.5 Å². The van der Waals surface area contributed by atoms with Gasteiger partial charge in [-0.25, -0.2) is 4.39 Å². The molecule has 0 spiro atoms. The van der Waals surface area contributed by atoms with Gasteiger partial charge in [-0.3, -0.25) is 4.79 Å². The Labute approximate surface area is 154 Å². The highest BCUT2D eigenvalue weighted by atomic mass is 19.1. The van der Waals surface area contributed by atoms with Crippen LogP contribution in [0.1, 0.15) is 36.4 Å². The molecule has 1 aliphatic heterocycles. The minimum Gasteiger partial charge on any atom is -0.496 e. The molecule has 4 nitrogen and oxygen atoms in total. The van der Waals surface area contributed by atoms with Gasteiger partial charge in [-0.1, -0.05) is 37.3 Å². The molecular weight excluding hydrogens is 331 g/mol. The smallest absolute Gasteiger partial charge is 0.223 e. The van der Waals surface area contributed by atoms with Gasteiger partial charge in [-0.05, 0) is 29.7 Å². The number of benzene rings is 2. The fourth-order valence-electron chi connectivity index (χ4n) is 3.51. The number of para-hydroxylation sites is 1. The Hall–Kier alpha value is -2.40. The number of hydrogen-bond donors (Lipinski definition) is 1. The normalized spacial score (nSPS) is 18.4. The third kappa shape index (κ3) is 4.05. The highest BCUT2D eigenvalue weighted by molar-refractivity contribution is 5.78. The SMILES string of the molecule is COc1ccccc1C1CNCCN1C(=O)CC(C)c1ccc(F)cc1. The van der Waals surface area contributed by atoms with Crippen molar-refractivity contribution in [2.24, 2.45) is 0 Å². The fourth-order valence-corrected chi connectivity index (χ4v) is 3.51. The summed E-state index contributed by atoms with van der Waals surface area (Å²) in [6.07, 6.45) is 0.400. The quantitative estimate of drug-likeness (QED) is 0.891. The number of piperazine rings is 1. The summed E-state index contributed by atoms with van der Waals surface area (Å²) in [7, 11) is 1.65. The summed E-state index contributed by atoms with van der Waals surface area (Å²) in [5.74, 6) is 0.687. The summed E-state index contributed by atoms with van der Waals surface area (Å²) >= 11 is 0. The molecule has 2 unspecified atom stereocenters. The molecule has 0 bridgehead atoms. The first-order chi connectivity index (χ1) is 12.6. The molecule has 26 heavy (non-hydrogen) atoms. The predicted molar refractivity (Wildman–Crippen MR) is 99.7 cm³/mol. The molecule has 1 saturated heterocycles. The Morgan fingerprint density at radius 1 is 1.27 bits per heavy atom. The van der Waals surface area contributed by atoms with Crippen LogP contribution in [0.2, 0.25) is 0 Å². The summed E-state index contributed by atoms with van der Waals surface area (Å²) in [6.45, 7) is 4.16. The van der Waals surface area contributed by atoms with Crippen molar-refractivity contribution in [2.75, 3.05) is 26.7 Å². The van der Waals surface area contributed by atoms with Crippen molar-refractivity contribution in [3.8, 4) is 5.75 Å². The van der Waals surface area contributed by atoms with Gasteiger partial charge in [0.2, 0.25) is 5.91 Å². The van der Waals surface area contributed by atoms with Gasteiger partial charge in [-0.15, -0.1) is 0 Å². The first-order valence-electron chi connectivity index (χ1n) is 8.98. The maximum absolute atomic E-state index is 13.1. The molecule has 5 heteroatoms. The van der Waals surface area contributed by atoms with Crippen LogP contribution in [0.3, 0.4) is 0 Å². The van der Waals surface area contributed by atoms with Crippen molar-refractivity contribution in [3.63, 3.8) is 0 Å². The van der Waals surface area contributed by atoms with Crippen molar-refractivity contribution in [1.82, 2.24) is 10.2 Å². The van der Waals surface area contributed by atoms with Gasteiger partial charge >= 0.3 is 0 Å². The van der Waals surface area contributed by atoms with Gasteiger partial charge in [0.15, 0.2) is 0 Å². The van der Waals surface area contributed by atoms with E-state index in [0.29, 0.717) is 19.5 Å². The van der Waals surface area contributed by atoms with Crippen molar-refractivity contribution in [2.45, 2.75) is 25.3 Å². The third-order valence-corrected chi connectivity index (χ3v) is 4.98. The van der Waals surface area contributed by atoms with Crippen molar-refractivity contribution in [1.29, 1.82) is 0 Å². The second kappa shape index (κ2) is 8.32. The highest BCUT2D eigenvalue weighted by Crippen LogP contribution is 2.31. The monoisotopic (exact) mass is 356 g/mol. The number of amides is 1. The van der Waals surface area contributed by atoms with Crippen LogP contribution >= 0.6 is 0 Å². The van der Waals surface area contributed by atoms with Gasteiger partial charge < -0.3 is 15.0 Å². The second-order valence-corrected chi connectivity index (χ2v) is 6.71. The van der Waals surface area contributed by atoms with Crippen LogP contribution in [0.25, 0.3) is 0 Å². The van der Waals surface area contributed by atoms with E-state index in [1.165, 1.54) is 12.1 Å². The van der Waals surface area contributed by atoms with Gasteiger partial charge in [0.05, 0.1) is 13.2 Å². The average molecular weight is 356 g/mol. The van der Waals surface area contributed by atoms with Gasteiger partial charge in [0.25, 0.3) is 0 Å². The lowest BCUT2D eigenvalue weighted by Crippen LogP contribution is -2.49. The number of halogens is 1. The lowest BCUT2D eigenvalue weighted by Gasteiger charge is -2.37. The molecule has 2 aromatic rings. The van der Waals surface area contributed by atoms with E-state index in [-0.39, 0.29) is 23.7 Å². The Morgan fingerprint density at radius 3 is 2.73 bits per heavy atom. The van der Waals surface area contributed by atoms with Crippen LogP contribution in [-0.2, 0) is 4.79 Å². The first-order valence-corrected chi connectivity index (χ1v) is 8.98. The topological polar surface area (TPSA) is 41.6 Å². The molecule has 3 rings (SSSR count). The number of nitrogens with zero attached hydrogens (tertiary/aromatic N) is 1. The molecule has 0 saturated carbocycles. The standard InChI is InChI=1S/C21H25FN2O2/c1-15(16-7-9-17(22)10-8-16)13-21(25)24-12-11-23-14-19(24)18-5-3-4-6-20(18)26-2/h3-10,15,19,23H,11-14H2,1-2H3. The van der Waals surface area contributed by atoms with E-state index in [1.54, 1.807) is 19.2 Å². The minimum atomic E-state index is -0.259. The molecule has 0 aromatic heterocycles. The minimum absolute atomic E-state index is 0.0382. The lowest BCUT2D eigenvalue weighted by molar-refractivity contribution is -0.134. The predicted octanol–water partition coefficient (Wildman–Crippen LogP) is 3.50. The third-order valence-electron chi connectivity index (χ3n) is 4.98. The number of carbonyl (C=O) groups is 1. The molecule has 1 amide bonds. The zero-order valence-corrected chi connectivity index (χ0v) is 15.2. The van der Waals surface area contributed by atoms with Gasteiger partial charge in [0, 0.05) is 31.6 Å². The molecule has 1 heterocycles. The molecule has 0 aliphatic carbocycles. The van der Waals surface area contributed by atoms with Crippen LogP contribution in [0.5, 0.6) is 5.75 Å². The van der Waals surface area contributed by atoms with Crippen LogP contribution in [-0.4, -0.2) is 37.6 Å². The van der Waals surface area contributed by atoms with E-state index in [4.69, 9.17) is 4.74 Å². The Morgan fingerprint density at radius 2 is 2.00 bits per heavy atom. The largest absolute Gasteiger partial charge is 0.496 e. The maximum Gasteiger partial charge on any atom is 0.223 e. The number of ether oxygens (including phenoxy) is 1. The summed E-state index contributed by atoms with van der Waals surface area (Å²) in [6, 6.07) is 14.2. The number of rotatable bonds is 5. The zero-order valence-electron chi connectivity index (χ0n) is 15.2. The van der Waals surface area contributed by atoms with E-state index < -0.39 is 0 Å². The van der Waals surface area contributed by atoms with Crippen molar-refractivity contribution >= 4 is 5.91 Å². The number of carbonyl (C=O) groups excluding carboxylic acids is 1. The van der Waals surface area contributed by atoms with Crippen molar-refractivity contribution < 1.29 is 13.9 Å². The Balaban J connectivity index is 1.76.